The van der Waals surface area contributed by atoms with Gasteiger partial charge in [-0.05, 0) is 12.1 Å². The Bertz CT molecular complexity index is 629. The Hall–Kier alpha value is -1.87. The van der Waals surface area contributed by atoms with Crippen LogP contribution in [0, 0.1) is 0 Å². The van der Waals surface area contributed by atoms with Gasteiger partial charge in [-0.1, -0.05) is 60.7 Å². The standard InChI is InChI=1S/C16H15O4P/c17-15-11-5-6-12-16(15)21(18,19-13-7-1-2-8-13)20-14-9-3-4-10-14/h1-14,17H. The maximum absolute atomic E-state index is 13.2. The van der Waals surface area contributed by atoms with E-state index in [1.807, 2.05) is 24.3 Å². The summed E-state index contributed by atoms with van der Waals surface area (Å²) in [5.74, 6) is -0.0993. The van der Waals surface area contributed by atoms with E-state index in [1.165, 1.54) is 6.07 Å². The van der Waals surface area contributed by atoms with Gasteiger partial charge in [0.05, 0.1) is 0 Å². The monoisotopic (exact) mass is 302 g/mol. The third kappa shape index (κ3) is 3.08. The van der Waals surface area contributed by atoms with E-state index in [9.17, 15) is 9.67 Å². The summed E-state index contributed by atoms with van der Waals surface area (Å²) in [5, 5.41) is 10.2. The highest BCUT2D eigenvalue weighted by atomic mass is 31.2. The quantitative estimate of drug-likeness (QED) is 0.848. The number of allylic oxidation sites excluding steroid dienone is 4. The van der Waals surface area contributed by atoms with Crippen LogP contribution in [0.25, 0.3) is 0 Å². The van der Waals surface area contributed by atoms with Crippen molar-refractivity contribution in [1.82, 2.24) is 0 Å². The number of phenols is 1. The van der Waals surface area contributed by atoms with Crippen molar-refractivity contribution < 1.29 is 18.7 Å². The van der Waals surface area contributed by atoms with Crippen molar-refractivity contribution in [2.75, 3.05) is 0 Å². The predicted molar refractivity (Wildman–Crippen MR) is 81.7 cm³/mol. The molecule has 0 unspecified atom stereocenters. The molecule has 2 aliphatic rings. The van der Waals surface area contributed by atoms with Gasteiger partial charge < -0.3 is 5.11 Å². The van der Waals surface area contributed by atoms with E-state index < -0.39 is 19.8 Å². The van der Waals surface area contributed by atoms with Crippen molar-refractivity contribution >= 4 is 12.9 Å². The van der Waals surface area contributed by atoms with E-state index >= 15 is 0 Å². The molecule has 0 heterocycles. The average molecular weight is 302 g/mol. The molecule has 2 aliphatic carbocycles. The highest BCUT2D eigenvalue weighted by Gasteiger charge is 2.35. The van der Waals surface area contributed by atoms with Gasteiger partial charge in [-0.3, -0.25) is 13.6 Å². The van der Waals surface area contributed by atoms with E-state index in [4.69, 9.17) is 9.05 Å². The van der Waals surface area contributed by atoms with Crippen LogP contribution < -0.4 is 5.30 Å². The highest BCUT2D eigenvalue weighted by molar-refractivity contribution is 7.62. The molecule has 0 spiro atoms. The van der Waals surface area contributed by atoms with E-state index in [1.54, 1.807) is 42.5 Å². The van der Waals surface area contributed by atoms with Gasteiger partial charge in [0.15, 0.2) is 0 Å². The minimum absolute atomic E-state index is 0.0993. The van der Waals surface area contributed by atoms with Crippen LogP contribution in [0.5, 0.6) is 5.75 Å². The zero-order valence-electron chi connectivity index (χ0n) is 11.2. The number of aromatic hydroxyl groups is 1. The Morgan fingerprint density at radius 2 is 1.33 bits per heavy atom. The molecule has 0 fully saturated rings. The summed E-state index contributed by atoms with van der Waals surface area (Å²) in [6.45, 7) is 0. The number of para-hydroxylation sites is 1. The third-order valence-electron chi connectivity index (χ3n) is 3.12. The maximum Gasteiger partial charge on any atom is 0.366 e. The fourth-order valence-corrected chi connectivity index (χ4v) is 3.94. The fourth-order valence-electron chi connectivity index (χ4n) is 2.12. The van der Waals surface area contributed by atoms with Crippen LogP contribution in [-0.2, 0) is 13.6 Å². The molecular formula is C16H15O4P. The second-order valence-corrected chi connectivity index (χ2v) is 6.56. The Labute approximate surface area is 123 Å². The zero-order valence-corrected chi connectivity index (χ0v) is 12.1. The van der Waals surface area contributed by atoms with Crippen LogP contribution in [0.3, 0.4) is 0 Å². The Morgan fingerprint density at radius 3 is 1.81 bits per heavy atom. The maximum atomic E-state index is 13.2. The first-order chi connectivity index (χ1) is 10.2. The molecule has 0 saturated carbocycles. The molecule has 1 aromatic carbocycles. The van der Waals surface area contributed by atoms with Crippen LogP contribution in [0.2, 0.25) is 0 Å². The van der Waals surface area contributed by atoms with Crippen molar-refractivity contribution in [2.24, 2.45) is 0 Å². The molecule has 0 radical (unpaired) electrons. The lowest BCUT2D eigenvalue weighted by Gasteiger charge is -2.23. The number of phenolic OH excluding ortho intramolecular Hbond substituents is 1. The summed E-state index contributed by atoms with van der Waals surface area (Å²) in [5.41, 5.74) is 0. The molecule has 0 atom stereocenters. The van der Waals surface area contributed by atoms with Gasteiger partial charge in [0.25, 0.3) is 0 Å². The van der Waals surface area contributed by atoms with Crippen LogP contribution in [0.4, 0.5) is 0 Å². The third-order valence-corrected chi connectivity index (χ3v) is 5.13. The lowest BCUT2D eigenvalue weighted by molar-refractivity contribution is 0.194. The van der Waals surface area contributed by atoms with Gasteiger partial charge in [-0.25, -0.2) is 0 Å². The topological polar surface area (TPSA) is 55.8 Å². The molecule has 1 N–H and O–H groups in total. The number of hydrogen-bond donors (Lipinski definition) is 1. The normalized spacial score (nSPS) is 18.1. The summed E-state index contributed by atoms with van der Waals surface area (Å²) in [7, 11) is -3.66. The van der Waals surface area contributed by atoms with Crippen LogP contribution in [0.1, 0.15) is 0 Å². The first kappa shape index (κ1) is 14.1. The van der Waals surface area contributed by atoms with Gasteiger partial charge in [0.1, 0.15) is 23.3 Å². The molecule has 4 nitrogen and oxygen atoms in total. The summed E-state index contributed by atoms with van der Waals surface area (Å²) >= 11 is 0. The number of hydrogen-bond acceptors (Lipinski definition) is 4. The summed E-state index contributed by atoms with van der Waals surface area (Å²) in [4.78, 5) is 0. The van der Waals surface area contributed by atoms with Crippen molar-refractivity contribution in [3.8, 4) is 5.75 Å². The number of rotatable bonds is 5. The van der Waals surface area contributed by atoms with Gasteiger partial charge >= 0.3 is 7.60 Å². The van der Waals surface area contributed by atoms with E-state index in [0.29, 0.717) is 0 Å². The van der Waals surface area contributed by atoms with Gasteiger partial charge in [0.2, 0.25) is 0 Å². The minimum Gasteiger partial charge on any atom is -0.507 e. The Morgan fingerprint density at radius 1 is 0.857 bits per heavy atom. The summed E-state index contributed by atoms with van der Waals surface area (Å²) in [6.07, 6.45) is 13.5. The average Bonchev–Trinajstić information content (AvgIpc) is 3.13. The van der Waals surface area contributed by atoms with Crippen molar-refractivity contribution in [1.29, 1.82) is 0 Å². The molecule has 0 saturated heterocycles. The molecular weight excluding hydrogens is 287 g/mol. The summed E-state index contributed by atoms with van der Waals surface area (Å²) in [6, 6.07) is 6.37. The van der Waals surface area contributed by atoms with Gasteiger partial charge in [0, 0.05) is 0 Å². The Kier molecular flexibility index (Phi) is 3.93. The minimum atomic E-state index is -3.66. The molecule has 1 aromatic rings. The molecule has 5 heteroatoms. The van der Waals surface area contributed by atoms with Crippen molar-refractivity contribution in [3.05, 3.63) is 72.9 Å². The molecule has 21 heavy (non-hydrogen) atoms. The smallest absolute Gasteiger partial charge is 0.366 e. The van der Waals surface area contributed by atoms with Crippen LogP contribution in [-0.4, -0.2) is 17.3 Å². The second-order valence-electron chi connectivity index (χ2n) is 4.67. The predicted octanol–water partition coefficient (Wildman–Crippen LogP) is 3.23. The van der Waals surface area contributed by atoms with Crippen LogP contribution in [0.15, 0.2) is 72.9 Å². The number of benzene rings is 1. The SMILES string of the molecule is O=P(OC1C=CC=C1)(OC1C=CC=C1)c1ccccc1O. The highest BCUT2D eigenvalue weighted by Crippen LogP contribution is 2.52. The fraction of sp³-hybridized carbons (Fsp3) is 0.125. The lowest BCUT2D eigenvalue weighted by Crippen LogP contribution is -2.18. The molecule has 108 valence electrons. The molecule has 0 amide bonds. The second kappa shape index (κ2) is 5.86. The molecule has 3 rings (SSSR count). The van der Waals surface area contributed by atoms with Gasteiger partial charge in [-0.2, -0.15) is 0 Å². The van der Waals surface area contributed by atoms with Crippen molar-refractivity contribution in [3.63, 3.8) is 0 Å². The molecule has 0 aliphatic heterocycles. The molecule has 0 bridgehead atoms. The van der Waals surface area contributed by atoms with E-state index in [-0.39, 0.29) is 11.1 Å². The van der Waals surface area contributed by atoms with E-state index in [0.717, 1.165) is 0 Å². The first-order valence-electron chi connectivity index (χ1n) is 6.63. The zero-order chi connectivity index (χ0) is 14.7. The van der Waals surface area contributed by atoms with E-state index in [2.05, 4.69) is 0 Å². The van der Waals surface area contributed by atoms with Crippen LogP contribution >= 0.6 is 7.60 Å². The molecule has 0 aromatic heterocycles. The summed E-state index contributed by atoms with van der Waals surface area (Å²) < 4.78 is 24.5. The first-order valence-corrected chi connectivity index (χ1v) is 8.17. The Balaban J connectivity index is 1.93. The largest absolute Gasteiger partial charge is 0.507 e. The van der Waals surface area contributed by atoms with Gasteiger partial charge in [-0.15, -0.1) is 0 Å². The van der Waals surface area contributed by atoms with Crippen molar-refractivity contribution in [2.45, 2.75) is 12.2 Å². The lowest BCUT2D eigenvalue weighted by atomic mass is 10.3.